The molecule has 1 nitrogen and oxygen atoms in total. The van der Waals surface area contributed by atoms with Crippen molar-refractivity contribution in [1.82, 2.24) is 0 Å². The lowest BCUT2D eigenvalue weighted by molar-refractivity contribution is -0.0762. The van der Waals surface area contributed by atoms with Gasteiger partial charge in [-0.15, -0.1) is 0 Å². The molecule has 15 atom stereocenters. The van der Waals surface area contributed by atoms with Crippen LogP contribution in [-0.4, -0.2) is 13.2 Å². The van der Waals surface area contributed by atoms with Gasteiger partial charge < -0.3 is 4.74 Å². The Bertz CT molecular complexity index is 1940. The van der Waals surface area contributed by atoms with E-state index in [9.17, 15) is 0 Å². The van der Waals surface area contributed by atoms with Gasteiger partial charge in [0.25, 0.3) is 0 Å². The highest BCUT2D eigenvalue weighted by Gasteiger charge is 2.61. The smallest absolute Gasteiger partial charge is 0.0675 e. The first-order chi connectivity index (χ1) is 28.0. The number of fused-ring (bicyclic) bond motifs is 3. The lowest BCUT2D eigenvalue weighted by Crippen LogP contribution is -2.48. The number of aryl methyl sites for hydroxylation is 4. The second-order valence-corrected chi connectivity index (χ2v) is 25.5. The van der Waals surface area contributed by atoms with Crippen LogP contribution in [0.25, 0.3) is 0 Å². The average Bonchev–Trinajstić information content (AvgIpc) is 3.82. The Balaban J connectivity index is 1.22. The molecule has 60 heavy (non-hydrogen) atoms. The molecule has 5 fully saturated rings. The average molecular weight is 811 g/mol. The van der Waals surface area contributed by atoms with Gasteiger partial charge in [-0.1, -0.05) is 159 Å². The molecule has 0 N–H and O–H groups in total. The molecule has 0 aromatic heterocycles. The highest BCUT2D eigenvalue weighted by molar-refractivity contribution is 5.41. The number of ether oxygens (including phenoxy) is 1. The molecular formula is C59H86O. The molecule has 0 amide bonds. The van der Waals surface area contributed by atoms with Crippen LogP contribution < -0.4 is 0 Å². The Morgan fingerprint density at radius 3 is 1.47 bits per heavy atom. The van der Waals surface area contributed by atoms with E-state index in [1.165, 1.54) is 78.3 Å². The van der Waals surface area contributed by atoms with Gasteiger partial charge in [-0.3, -0.25) is 0 Å². The molecule has 0 heterocycles. The number of benzene rings is 3. The minimum Gasteiger partial charge on any atom is -0.381 e. The summed E-state index contributed by atoms with van der Waals surface area (Å²) < 4.78 is 6.84. The molecule has 0 aliphatic heterocycles. The number of rotatable bonds is 6. The van der Waals surface area contributed by atoms with Gasteiger partial charge in [-0.05, 0) is 187 Å². The van der Waals surface area contributed by atoms with Crippen LogP contribution in [0.1, 0.15) is 189 Å². The molecule has 5 saturated carbocycles. The first kappa shape index (κ1) is 44.2. The Hall–Kier alpha value is -2.38. The van der Waals surface area contributed by atoms with E-state index in [1.807, 2.05) is 7.11 Å². The maximum absolute atomic E-state index is 6.84. The molecule has 0 radical (unpaired) electrons. The van der Waals surface area contributed by atoms with Crippen molar-refractivity contribution in [3.8, 4) is 0 Å². The summed E-state index contributed by atoms with van der Waals surface area (Å²) in [6.45, 7) is 36.8. The van der Waals surface area contributed by atoms with Crippen LogP contribution in [0.2, 0.25) is 0 Å². The Labute approximate surface area is 369 Å². The van der Waals surface area contributed by atoms with Gasteiger partial charge in [0, 0.05) is 13.0 Å². The summed E-state index contributed by atoms with van der Waals surface area (Å²) in [5.41, 5.74) is 14.1. The van der Waals surface area contributed by atoms with Crippen molar-refractivity contribution in [2.75, 3.05) is 7.11 Å². The van der Waals surface area contributed by atoms with Crippen LogP contribution in [0.15, 0.2) is 54.6 Å². The van der Waals surface area contributed by atoms with Crippen molar-refractivity contribution in [3.05, 3.63) is 105 Å². The molecule has 5 aliphatic rings. The fraction of sp³-hybridized carbons (Fsp3) is 0.695. The van der Waals surface area contributed by atoms with Gasteiger partial charge in [-0.25, -0.2) is 0 Å². The van der Waals surface area contributed by atoms with Crippen LogP contribution >= 0.6 is 0 Å². The zero-order chi connectivity index (χ0) is 43.4. The molecule has 8 rings (SSSR count). The Kier molecular flexibility index (Phi) is 11.8. The quantitative estimate of drug-likeness (QED) is 0.241. The van der Waals surface area contributed by atoms with Crippen molar-refractivity contribution in [1.29, 1.82) is 0 Å². The second-order valence-electron chi connectivity index (χ2n) is 25.5. The zero-order valence-electron chi connectivity index (χ0n) is 41.2. The summed E-state index contributed by atoms with van der Waals surface area (Å²) in [6.07, 6.45) is 9.95. The van der Waals surface area contributed by atoms with E-state index in [-0.39, 0.29) is 22.3 Å². The number of methoxy groups -OCH3 is 1. The van der Waals surface area contributed by atoms with Gasteiger partial charge >= 0.3 is 0 Å². The first-order valence-corrected chi connectivity index (χ1v) is 24.9. The van der Waals surface area contributed by atoms with Crippen molar-refractivity contribution < 1.29 is 4.74 Å². The maximum atomic E-state index is 6.84. The van der Waals surface area contributed by atoms with E-state index in [0.29, 0.717) is 29.6 Å². The van der Waals surface area contributed by atoms with E-state index < -0.39 is 0 Å². The summed E-state index contributed by atoms with van der Waals surface area (Å²) in [7, 11) is 2.05. The molecule has 0 spiro atoms. The standard InChI is InChI=1S/C59H86O/c1-33-20-34(2)23-39(22-33)52-44-18-17-19-45(44)53(40-24-35(3)21-36(4)25-40)55-47(38(6)27-50(52)55)31-46-37(5)26-49-48(46)32-51(59(13,14)15)56(60-16)54(49)41-28-42(57(7,8)9)30-43(29-41)58(10,11)12/h20-25,28-30,37-38,44-56H,17-19,26-27,31-32H2,1-16H3. The van der Waals surface area contributed by atoms with Gasteiger partial charge in [0.1, 0.15) is 0 Å². The van der Waals surface area contributed by atoms with E-state index in [1.54, 1.807) is 16.7 Å². The fourth-order valence-corrected chi connectivity index (χ4v) is 15.9. The summed E-state index contributed by atoms with van der Waals surface area (Å²) in [4.78, 5) is 0. The third-order valence-corrected chi connectivity index (χ3v) is 18.3. The minimum atomic E-state index is 0.0937. The van der Waals surface area contributed by atoms with Crippen LogP contribution in [0.4, 0.5) is 0 Å². The lowest BCUT2D eigenvalue weighted by Gasteiger charge is -2.52. The van der Waals surface area contributed by atoms with E-state index in [4.69, 9.17) is 4.74 Å². The lowest BCUT2D eigenvalue weighted by atomic mass is 9.53. The summed E-state index contributed by atoms with van der Waals surface area (Å²) >= 11 is 0. The summed E-state index contributed by atoms with van der Waals surface area (Å²) in [5, 5.41) is 0. The Morgan fingerprint density at radius 1 is 0.500 bits per heavy atom. The van der Waals surface area contributed by atoms with Crippen molar-refractivity contribution >= 4 is 0 Å². The monoisotopic (exact) mass is 811 g/mol. The topological polar surface area (TPSA) is 9.23 Å². The van der Waals surface area contributed by atoms with E-state index in [2.05, 4.69) is 158 Å². The van der Waals surface area contributed by atoms with E-state index in [0.717, 1.165) is 53.3 Å². The molecule has 15 unspecified atom stereocenters. The van der Waals surface area contributed by atoms with Gasteiger partial charge in [-0.2, -0.15) is 0 Å². The van der Waals surface area contributed by atoms with Crippen LogP contribution in [0.5, 0.6) is 0 Å². The molecule has 0 saturated heterocycles. The van der Waals surface area contributed by atoms with Crippen molar-refractivity contribution in [2.24, 2.45) is 70.5 Å². The predicted molar refractivity (Wildman–Crippen MR) is 256 cm³/mol. The largest absolute Gasteiger partial charge is 0.381 e. The highest BCUT2D eigenvalue weighted by Crippen LogP contribution is 2.69. The second kappa shape index (κ2) is 16.0. The van der Waals surface area contributed by atoms with Gasteiger partial charge in [0.2, 0.25) is 0 Å². The maximum Gasteiger partial charge on any atom is 0.0675 e. The molecule has 3 aromatic rings. The molecule has 5 aliphatic carbocycles. The summed E-state index contributed by atoms with van der Waals surface area (Å²) in [6, 6.07) is 23.1. The third kappa shape index (κ3) is 8.04. The van der Waals surface area contributed by atoms with Crippen molar-refractivity contribution in [2.45, 2.75) is 183 Å². The minimum absolute atomic E-state index is 0.0937. The third-order valence-electron chi connectivity index (χ3n) is 18.3. The SMILES string of the molecule is COC1C(c2cc(C(C)(C)C)cc(C(C)(C)C)c2)C2CC(C)C(CC3C(C)CC4C(c5cc(C)cc(C)c5)C5CCCC5C(c5cc(C)cc(C)c5)C34)C2CC1C(C)(C)C. The molecule has 0 bridgehead atoms. The first-order valence-electron chi connectivity index (χ1n) is 24.9. The highest BCUT2D eigenvalue weighted by atomic mass is 16.5. The van der Waals surface area contributed by atoms with Gasteiger partial charge in [0.15, 0.2) is 0 Å². The predicted octanol–water partition coefficient (Wildman–Crippen LogP) is 15.8. The number of hydrogen-bond donors (Lipinski definition) is 0. The molecular weight excluding hydrogens is 725 g/mol. The Morgan fingerprint density at radius 2 is 0.967 bits per heavy atom. The van der Waals surface area contributed by atoms with E-state index >= 15 is 0 Å². The number of hydrogen-bond acceptors (Lipinski definition) is 1. The molecule has 3 aromatic carbocycles. The van der Waals surface area contributed by atoms with Crippen LogP contribution in [0.3, 0.4) is 0 Å². The van der Waals surface area contributed by atoms with Crippen LogP contribution in [0, 0.1) is 98.2 Å². The molecule has 328 valence electrons. The van der Waals surface area contributed by atoms with Crippen molar-refractivity contribution in [3.63, 3.8) is 0 Å². The van der Waals surface area contributed by atoms with Gasteiger partial charge in [0.05, 0.1) is 6.10 Å². The molecule has 1 heteroatoms. The zero-order valence-corrected chi connectivity index (χ0v) is 41.2. The summed E-state index contributed by atoms with van der Waals surface area (Å²) in [5.74, 6) is 9.86. The normalized spacial score (nSPS) is 36.9. The fourth-order valence-electron chi connectivity index (χ4n) is 15.9. The van der Waals surface area contributed by atoms with Crippen LogP contribution in [-0.2, 0) is 15.6 Å².